The number of hydrogen-bond donors (Lipinski definition) is 1. The molecule has 2 heterocycles. The molecule has 1 aromatic rings. The quantitative estimate of drug-likeness (QED) is 0.733. The number of rotatable bonds is 8. The number of nitrogens with one attached hydrogen (secondary N) is 1. The third-order valence-electron chi connectivity index (χ3n) is 5.39. The third kappa shape index (κ3) is 6.24. The number of benzene rings is 1. The minimum Gasteiger partial charge on any atom is -0.379 e. The maximum atomic E-state index is 13.3. The first-order valence-corrected chi connectivity index (χ1v) is 10.2. The zero-order chi connectivity index (χ0) is 19.8. The minimum absolute atomic E-state index is 0.0256. The summed E-state index contributed by atoms with van der Waals surface area (Å²) in [5.41, 5.74) is 0.979. The Labute approximate surface area is 166 Å². The van der Waals surface area contributed by atoms with Crippen LogP contribution in [-0.4, -0.2) is 69.1 Å². The molecule has 2 fully saturated rings. The van der Waals surface area contributed by atoms with Crippen molar-refractivity contribution in [1.29, 1.82) is 0 Å². The van der Waals surface area contributed by atoms with Crippen molar-refractivity contribution < 1.29 is 23.4 Å². The molecule has 3 unspecified atom stereocenters. The van der Waals surface area contributed by atoms with Crippen LogP contribution in [-0.2, 0) is 19.0 Å². The molecule has 0 saturated carbocycles. The lowest BCUT2D eigenvalue weighted by molar-refractivity contribution is -0.135. The molecule has 1 N–H and O–H groups in total. The molecule has 6 nitrogen and oxygen atoms in total. The van der Waals surface area contributed by atoms with Crippen LogP contribution in [0.5, 0.6) is 0 Å². The highest BCUT2D eigenvalue weighted by atomic mass is 19.1. The van der Waals surface area contributed by atoms with Gasteiger partial charge in [-0.2, -0.15) is 0 Å². The first kappa shape index (κ1) is 21.2. The molecule has 3 atom stereocenters. The summed E-state index contributed by atoms with van der Waals surface area (Å²) < 4.78 is 30.1. The Kier molecular flexibility index (Phi) is 8.21. The van der Waals surface area contributed by atoms with E-state index >= 15 is 0 Å². The van der Waals surface area contributed by atoms with E-state index in [4.69, 9.17) is 14.2 Å². The lowest BCUT2D eigenvalue weighted by Crippen LogP contribution is -2.45. The lowest BCUT2D eigenvalue weighted by atomic mass is 10.0. The Morgan fingerprint density at radius 3 is 2.68 bits per heavy atom. The van der Waals surface area contributed by atoms with Crippen LogP contribution in [0.4, 0.5) is 4.39 Å². The Morgan fingerprint density at radius 2 is 2.00 bits per heavy atom. The number of nitrogens with zero attached hydrogens (tertiary/aromatic N) is 1. The molecule has 28 heavy (non-hydrogen) atoms. The zero-order valence-corrected chi connectivity index (χ0v) is 16.6. The first-order valence-electron chi connectivity index (χ1n) is 10.2. The van der Waals surface area contributed by atoms with Crippen LogP contribution in [0.2, 0.25) is 0 Å². The molecule has 7 heteroatoms. The summed E-state index contributed by atoms with van der Waals surface area (Å²) >= 11 is 0. The summed E-state index contributed by atoms with van der Waals surface area (Å²) in [5, 5.41) is 3.00. The number of amides is 1. The summed E-state index contributed by atoms with van der Waals surface area (Å²) in [5.74, 6) is -0.406. The van der Waals surface area contributed by atoms with E-state index in [1.54, 1.807) is 19.1 Å². The van der Waals surface area contributed by atoms with Crippen molar-refractivity contribution in [3.63, 3.8) is 0 Å². The Morgan fingerprint density at radius 1 is 1.25 bits per heavy atom. The smallest absolute Gasteiger partial charge is 0.248 e. The molecule has 0 aliphatic carbocycles. The largest absolute Gasteiger partial charge is 0.379 e. The van der Waals surface area contributed by atoms with Crippen molar-refractivity contribution >= 4 is 5.91 Å². The zero-order valence-electron chi connectivity index (χ0n) is 16.6. The molecule has 3 rings (SSSR count). The maximum absolute atomic E-state index is 13.3. The number of carbonyl (C=O) groups excluding carboxylic acids is 1. The van der Waals surface area contributed by atoms with Crippen LogP contribution in [0, 0.1) is 5.82 Å². The molecule has 0 bridgehead atoms. The van der Waals surface area contributed by atoms with Crippen LogP contribution in [0.3, 0.4) is 0 Å². The van der Waals surface area contributed by atoms with Crippen LogP contribution < -0.4 is 5.32 Å². The van der Waals surface area contributed by atoms with E-state index < -0.39 is 6.10 Å². The first-order chi connectivity index (χ1) is 13.6. The molecule has 1 aromatic carbocycles. The highest BCUT2D eigenvalue weighted by molar-refractivity contribution is 5.80. The van der Waals surface area contributed by atoms with Crippen LogP contribution in [0.1, 0.15) is 37.8 Å². The summed E-state index contributed by atoms with van der Waals surface area (Å²) in [7, 11) is 0. The second-order valence-corrected chi connectivity index (χ2v) is 7.42. The van der Waals surface area contributed by atoms with Crippen LogP contribution in [0.25, 0.3) is 0 Å². The van der Waals surface area contributed by atoms with Crippen molar-refractivity contribution in [2.75, 3.05) is 46.1 Å². The second-order valence-electron chi connectivity index (χ2n) is 7.42. The number of ether oxygens (including phenoxy) is 3. The highest BCUT2D eigenvalue weighted by Gasteiger charge is 2.25. The van der Waals surface area contributed by atoms with Gasteiger partial charge in [-0.05, 0) is 43.9 Å². The van der Waals surface area contributed by atoms with Gasteiger partial charge in [0.15, 0.2) is 0 Å². The van der Waals surface area contributed by atoms with Crippen LogP contribution in [0.15, 0.2) is 24.3 Å². The molecular weight excluding hydrogens is 363 g/mol. The van der Waals surface area contributed by atoms with Gasteiger partial charge < -0.3 is 19.5 Å². The molecule has 2 saturated heterocycles. The summed E-state index contributed by atoms with van der Waals surface area (Å²) in [6.45, 7) is 6.30. The van der Waals surface area contributed by atoms with Crippen molar-refractivity contribution in [3.8, 4) is 0 Å². The highest BCUT2D eigenvalue weighted by Crippen LogP contribution is 2.22. The predicted molar refractivity (Wildman–Crippen MR) is 104 cm³/mol. The number of carbonyl (C=O) groups is 1. The lowest BCUT2D eigenvalue weighted by Gasteiger charge is -2.35. The van der Waals surface area contributed by atoms with Gasteiger partial charge >= 0.3 is 0 Å². The van der Waals surface area contributed by atoms with Gasteiger partial charge in [0, 0.05) is 26.2 Å². The number of morpholine rings is 1. The number of halogens is 1. The standard InChI is InChI=1S/C21H31FN2O4/c1-16(28-15-19-4-2-3-11-27-19)21(25)23-14-20(24-9-12-26-13-10-24)17-5-7-18(22)8-6-17/h5-8,16,19-20H,2-4,9-15H2,1H3,(H,23,25). The average molecular weight is 394 g/mol. The molecule has 2 aliphatic rings. The molecule has 0 aromatic heterocycles. The van der Waals surface area contributed by atoms with Gasteiger partial charge in [-0.1, -0.05) is 12.1 Å². The number of hydrogen-bond acceptors (Lipinski definition) is 5. The molecule has 2 aliphatic heterocycles. The fourth-order valence-corrected chi connectivity index (χ4v) is 3.64. The fourth-order valence-electron chi connectivity index (χ4n) is 3.64. The molecular formula is C21H31FN2O4. The van der Waals surface area contributed by atoms with Gasteiger partial charge in [0.2, 0.25) is 5.91 Å². The summed E-state index contributed by atoms with van der Waals surface area (Å²) in [6, 6.07) is 6.45. The van der Waals surface area contributed by atoms with E-state index in [-0.39, 0.29) is 23.9 Å². The SMILES string of the molecule is CC(OCC1CCCCO1)C(=O)NCC(c1ccc(F)cc1)N1CCOCC1. The Balaban J connectivity index is 1.52. The average Bonchev–Trinajstić information content (AvgIpc) is 2.74. The van der Waals surface area contributed by atoms with Crippen molar-refractivity contribution in [2.24, 2.45) is 0 Å². The summed E-state index contributed by atoms with van der Waals surface area (Å²) in [4.78, 5) is 14.8. The van der Waals surface area contributed by atoms with Gasteiger partial charge in [-0.3, -0.25) is 9.69 Å². The minimum atomic E-state index is -0.538. The van der Waals surface area contributed by atoms with Gasteiger partial charge in [-0.25, -0.2) is 4.39 Å². The van der Waals surface area contributed by atoms with Gasteiger partial charge in [0.1, 0.15) is 11.9 Å². The van der Waals surface area contributed by atoms with Crippen molar-refractivity contribution in [2.45, 2.75) is 44.4 Å². The van der Waals surface area contributed by atoms with Gasteiger partial charge in [0.05, 0.1) is 32.0 Å². The van der Waals surface area contributed by atoms with E-state index in [9.17, 15) is 9.18 Å². The van der Waals surface area contributed by atoms with Crippen molar-refractivity contribution in [3.05, 3.63) is 35.6 Å². The molecule has 156 valence electrons. The van der Waals surface area contributed by atoms with E-state index in [0.717, 1.165) is 44.5 Å². The Bertz CT molecular complexity index is 601. The fraction of sp³-hybridized carbons (Fsp3) is 0.667. The summed E-state index contributed by atoms with van der Waals surface area (Å²) in [6.07, 6.45) is 2.78. The van der Waals surface area contributed by atoms with E-state index in [2.05, 4.69) is 10.2 Å². The third-order valence-corrected chi connectivity index (χ3v) is 5.39. The van der Waals surface area contributed by atoms with Gasteiger partial charge in [0.25, 0.3) is 0 Å². The van der Waals surface area contributed by atoms with Crippen molar-refractivity contribution in [1.82, 2.24) is 10.2 Å². The Hall–Kier alpha value is -1.54. The van der Waals surface area contributed by atoms with Gasteiger partial charge in [-0.15, -0.1) is 0 Å². The van der Waals surface area contributed by atoms with E-state index in [1.807, 2.05) is 0 Å². The molecule has 0 radical (unpaired) electrons. The normalized spacial score (nSPS) is 23.1. The monoisotopic (exact) mass is 394 g/mol. The molecule has 0 spiro atoms. The van der Waals surface area contributed by atoms with E-state index in [0.29, 0.717) is 26.4 Å². The van der Waals surface area contributed by atoms with E-state index in [1.165, 1.54) is 12.1 Å². The van der Waals surface area contributed by atoms with Crippen LogP contribution >= 0.6 is 0 Å². The second kappa shape index (κ2) is 10.9. The topological polar surface area (TPSA) is 60.0 Å². The molecule has 1 amide bonds. The predicted octanol–water partition coefficient (Wildman–Crippen LogP) is 2.29. The maximum Gasteiger partial charge on any atom is 0.248 e.